The van der Waals surface area contributed by atoms with Crippen LogP contribution in [0.5, 0.6) is 0 Å². The van der Waals surface area contributed by atoms with Gasteiger partial charge in [0.2, 0.25) is 11.8 Å². The van der Waals surface area contributed by atoms with E-state index in [2.05, 4.69) is 10.5 Å². The molecule has 2 aromatic rings. The monoisotopic (exact) mass is 229 g/mol. The maximum Gasteiger partial charge on any atom is 0.224 e. The van der Waals surface area contributed by atoms with Crippen LogP contribution in [-0.2, 0) is 11.2 Å². The van der Waals surface area contributed by atoms with Gasteiger partial charge in [0.15, 0.2) is 0 Å². The summed E-state index contributed by atoms with van der Waals surface area (Å²) in [7, 11) is 0. The maximum absolute atomic E-state index is 11.3. The zero-order valence-electron chi connectivity index (χ0n) is 9.06. The van der Waals surface area contributed by atoms with E-state index in [4.69, 9.17) is 10.3 Å². The van der Waals surface area contributed by atoms with Crippen molar-refractivity contribution in [3.63, 3.8) is 0 Å². The molecule has 1 amide bonds. The van der Waals surface area contributed by atoms with E-state index >= 15 is 0 Å². The number of nitrogens with two attached hydrogens (primary N) is 1. The molecule has 1 aliphatic heterocycles. The molecular weight excluding hydrogens is 218 g/mol. The van der Waals surface area contributed by atoms with E-state index in [0.717, 1.165) is 16.8 Å². The van der Waals surface area contributed by atoms with E-state index in [1.807, 2.05) is 18.2 Å². The number of amides is 1. The molecule has 0 saturated heterocycles. The summed E-state index contributed by atoms with van der Waals surface area (Å²) in [5, 5.41) is 6.75. The fourth-order valence-electron chi connectivity index (χ4n) is 2.08. The zero-order valence-corrected chi connectivity index (χ0v) is 9.06. The molecule has 3 N–H and O–H groups in total. The topological polar surface area (TPSA) is 81.2 Å². The lowest BCUT2D eigenvalue weighted by atomic mass is 9.95. The molecule has 86 valence electrons. The number of nitrogens with one attached hydrogen (secondary N) is 1. The Kier molecular flexibility index (Phi) is 2.11. The summed E-state index contributed by atoms with van der Waals surface area (Å²) in [4.78, 5) is 11.3. The van der Waals surface area contributed by atoms with Crippen LogP contribution in [0.2, 0.25) is 0 Å². The van der Waals surface area contributed by atoms with E-state index in [9.17, 15) is 4.79 Å². The third kappa shape index (κ3) is 1.65. The Balaban J connectivity index is 2.12. The minimum atomic E-state index is 0.0503. The number of rotatable bonds is 1. The van der Waals surface area contributed by atoms with Crippen molar-refractivity contribution in [2.45, 2.75) is 12.8 Å². The van der Waals surface area contributed by atoms with Gasteiger partial charge in [-0.1, -0.05) is 17.3 Å². The lowest BCUT2D eigenvalue weighted by Crippen LogP contribution is -2.19. The van der Waals surface area contributed by atoms with Crippen molar-refractivity contribution < 1.29 is 9.32 Å². The Labute approximate surface area is 97.6 Å². The molecule has 17 heavy (non-hydrogen) atoms. The van der Waals surface area contributed by atoms with Gasteiger partial charge in [0.25, 0.3) is 0 Å². The fraction of sp³-hybridized carbons (Fsp3) is 0.167. The van der Waals surface area contributed by atoms with Gasteiger partial charge in [0.1, 0.15) is 5.69 Å². The van der Waals surface area contributed by atoms with Crippen LogP contribution >= 0.6 is 0 Å². The van der Waals surface area contributed by atoms with Gasteiger partial charge in [-0.3, -0.25) is 4.79 Å². The average molecular weight is 229 g/mol. The number of hydrogen-bond acceptors (Lipinski definition) is 4. The first-order valence-corrected chi connectivity index (χ1v) is 5.38. The van der Waals surface area contributed by atoms with Gasteiger partial charge in [0, 0.05) is 23.7 Å². The van der Waals surface area contributed by atoms with Crippen molar-refractivity contribution in [2.75, 3.05) is 11.1 Å². The van der Waals surface area contributed by atoms with E-state index < -0.39 is 0 Å². The summed E-state index contributed by atoms with van der Waals surface area (Å²) in [6.45, 7) is 0. The third-order valence-electron chi connectivity index (χ3n) is 2.86. The molecule has 0 spiro atoms. The van der Waals surface area contributed by atoms with Crippen LogP contribution in [0, 0.1) is 0 Å². The zero-order chi connectivity index (χ0) is 11.8. The number of fused-ring (bicyclic) bond motifs is 1. The van der Waals surface area contributed by atoms with Crippen LogP contribution in [0.3, 0.4) is 0 Å². The van der Waals surface area contributed by atoms with Crippen molar-refractivity contribution in [3.8, 4) is 11.3 Å². The minimum Gasteiger partial charge on any atom is -0.368 e. The van der Waals surface area contributed by atoms with Gasteiger partial charge >= 0.3 is 0 Å². The second kappa shape index (κ2) is 3.62. The number of carbonyl (C=O) groups excluding carboxylic acids is 1. The molecule has 0 aliphatic carbocycles. The van der Waals surface area contributed by atoms with E-state index in [1.165, 1.54) is 0 Å². The number of anilines is 2. The van der Waals surface area contributed by atoms with E-state index in [-0.39, 0.29) is 11.8 Å². The Morgan fingerprint density at radius 3 is 3.00 bits per heavy atom. The first kappa shape index (κ1) is 9.89. The quantitative estimate of drug-likeness (QED) is 0.781. The second-order valence-electron chi connectivity index (χ2n) is 3.99. The van der Waals surface area contributed by atoms with Crippen molar-refractivity contribution >= 4 is 17.5 Å². The van der Waals surface area contributed by atoms with Gasteiger partial charge < -0.3 is 15.6 Å². The normalized spacial score (nSPS) is 14.2. The third-order valence-corrected chi connectivity index (χ3v) is 2.86. The maximum atomic E-state index is 11.3. The Morgan fingerprint density at radius 2 is 2.24 bits per heavy atom. The highest BCUT2D eigenvalue weighted by atomic mass is 16.5. The van der Waals surface area contributed by atoms with Crippen LogP contribution in [0.25, 0.3) is 11.3 Å². The Hall–Kier alpha value is -2.30. The number of nitrogen functional groups attached to an aromatic ring is 1. The number of hydrogen-bond donors (Lipinski definition) is 2. The molecule has 0 atom stereocenters. The number of nitrogens with zero attached hydrogens (tertiary/aromatic N) is 1. The summed E-state index contributed by atoms with van der Waals surface area (Å²) >= 11 is 0. The van der Waals surface area contributed by atoms with Crippen molar-refractivity contribution in [2.24, 2.45) is 0 Å². The lowest BCUT2D eigenvalue weighted by Gasteiger charge is -2.18. The van der Waals surface area contributed by atoms with Gasteiger partial charge in [-0.2, -0.15) is 0 Å². The van der Waals surface area contributed by atoms with Crippen LogP contribution in [0.1, 0.15) is 12.0 Å². The predicted molar refractivity (Wildman–Crippen MR) is 63.3 cm³/mol. The van der Waals surface area contributed by atoms with Crippen LogP contribution in [0.15, 0.2) is 28.8 Å². The van der Waals surface area contributed by atoms with Crippen LogP contribution in [0.4, 0.5) is 11.6 Å². The molecule has 1 aromatic carbocycles. The highest BCUT2D eigenvalue weighted by molar-refractivity contribution is 5.95. The highest BCUT2D eigenvalue weighted by Crippen LogP contribution is 2.32. The predicted octanol–water partition coefficient (Wildman–Crippen LogP) is 1.81. The van der Waals surface area contributed by atoms with Gasteiger partial charge in [-0.05, 0) is 18.1 Å². The first-order chi connectivity index (χ1) is 8.24. The number of aromatic nitrogens is 1. The van der Waals surface area contributed by atoms with Crippen LogP contribution in [-0.4, -0.2) is 11.1 Å². The smallest absolute Gasteiger partial charge is 0.224 e. The van der Waals surface area contributed by atoms with E-state index in [1.54, 1.807) is 6.07 Å². The van der Waals surface area contributed by atoms with Crippen LogP contribution < -0.4 is 11.1 Å². The summed E-state index contributed by atoms with van der Waals surface area (Å²) in [6, 6.07) is 7.41. The highest BCUT2D eigenvalue weighted by Gasteiger charge is 2.19. The van der Waals surface area contributed by atoms with Crippen molar-refractivity contribution in [1.82, 2.24) is 5.16 Å². The Bertz CT molecular complexity index is 589. The molecule has 2 heterocycles. The molecule has 5 nitrogen and oxygen atoms in total. The number of benzene rings is 1. The summed E-state index contributed by atoms with van der Waals surface area (Å²) < 4.78 is 4.87. The molecule has 0 fully saturated rings. The Morgan fingerprint density at radius 1 is 1.35 bits per heavy atom. The average Bonchev–Trinajstić information content (AvgIpc) is 2.74. The van der Waals surface area contributed by atoms with E-state index in [0.29, 0.717) is 18.5 Å². The standard InChI is InChI=1S/C12H11N3O2/c13-11-6-10(15-17-11)7-2-1-3-9-8(7)4-5-12(16)14-9/h1-3,6H,4-5,13H2,(H,14,16). The molecule has 0 unspecified atom stereocenters. The molecule has 1 aliphatic rings. The lowest BCUT2D eigenvalue weighted by molar-refractivity contribution is -0.116. The minimum absolute atomic E-state index is 0.0503. The van der Waals surface area contributed by atoms with Crippen molar-refractivity contribution in [1.29, 1.82) is 0 Å². The molecule has 5 heteroatoms. The largest absolute Gasteiger partial charge is 0.368 e. The second-order valence-corrected chi connectivity index (χ2v) is 3.99. The summed E-state index contributed by atoms with van der Waals surface area (Å²) in [5.41, 5.74) is 9.11. The fourth-order valence-corrected chi connectivity index (χ4v) is 2.08. The molecule has 0 saturated carbocycles. The molecular formula is C12H11N3O2. The SMILES string of the molecule is Nc1cc(-c2cccc3c2CCC(=O)N3)no1. The molecule has 1 aromatic heterocycles. The summed E-state index contributed by atoms with van der Waals surface area (Å²) in [6.07, 6.45) is 1.21. The van der Waals surface area contributed by atoms with Gasteiger partial charge in [-0.15, -0.1) is 0 Å². The molecule has 0 bridgehead atoms. The van der Waals surface area contributed by atoms with Gasteiger partial charge in [-0.25, -0.2) is 0 Å². The number of carbonyl (C=O) groups is 1. The van der Waals surface area contributed by atoms with Crippen molar-refractivity contribution in [3.05, 3.63) is 29.8 Å². The summed E-state index contributed by atoms with van der Waals surface area (Å²) in [5.74, 6) is 0.340. The first-order valence-electron chi connectivity index (χ1n) is 5.38. The molecule has 0 radical (unpaired) electrons. The molecule has 3 rings (SSSR count). The van der Waals surface area contributed by atoms with Gasteiger partial charge in [0.05, 0.1) is 0 Å².